The molecule has 18 heavy (non-hydrogen) atoms. The Morgan fingerprint density at radius 2 is 1.94 bits per heavy atom. The summed E-state index contributed by atoms with van der Waals surface area (Å²) in [5.41, 5.74) is 5.00. The van der Waals surface area contributed by atoms with Gasteiger partial charge in [0.05, 0.1) is 13.0 Å². The first-order chi connectivity index (χ1) is 8.34. The molecule has 104 valence electrons. The number of carboxylic acid groups (broad SMARTS) is 2. The molecule has 0 spiro atoms. The van der Waals surface area contributed by atoms with Gasteiger partial charge in [0, 0.05) is 6.42 Å². The molecule has 0 aliphatic heterocycles. The lowest BCUT2D eigenvalue weighted by molar-refractivity contribution is -0.142. The first kappa shape index (κ1) is 18.5. The number of nitrogens with two attached hydrogens (primary N) is 1. The third-order valence-corrected chi connectivity index (χ3v) is 1.60. The van der Waals surface area contributed by atoms with Crippen LogP contribution in [0, 0.1) is 0 Å². The molecule has 0 amide bonds. The maximum absolute atomic E-state index is 10.3. The first-order valence-electron chi connectivity index (χ1n) is 5.31. The predicted molar refractivity (Wildman–Crippen MR) is 63.9 cm³/mol. The molecule has 0 aliphatic rings. The molecule has 0 saturated heterocycles. The predicted octanol–water partition coefficient (Wildman–Crippen LogP) is 0.389. The number of hydrogen-bond donors (Lipinski definition) is 3. The van der Waals surface area contributed by atoms with Crippen LogP contribution in [0.3, 0.4) is 0 Å². The highest BCUT2D eigenvalue weighted by Crippen LogP contribution is 1.93. The van der Waals surface area contributed by atoms with E-state index in [0.717, 1.165) is 0 Å². The third-order valence-electron chi connectivity index (χ3n) is 1.60. The van der Waals surface area contributed by atoms with Gasteiger partial charge in [-0.2, -0.15) is 0 Å². The SMILES string of the molecule is C=CCC(=O)OCC.N[C@H](CCC(=O)O)C(=O)O. The van der Waals surface area contributed by atoms with Gasteiger partial charge >= 0.3 is 17.9 Å². The maximum Gasteiger partial charge on any atom is 0.320 e. The molecule has 7 heteroatoms. The van der Waals surface area contributed by atoms with Gasteiger partial charge in [0.25, 0.3) is 0 Å². The van der Waals surface area contributed by atoms with Gasteiger partial charge in [0.2, 0.25) is 0 Å². The standard InChI is InChI=1S/C6H10O2.C5H9NO4/c1-3-5-6(7)8-4-2;6-3(5(9)10)1-2-4(7)8/h3H,1,4-5H2,2H3;3H,1-2,6H2,(H,7,8)(H,9,10)/t;3-/m.1/s1. The van der Waals surface area contributed by atoms with Crippen molar-refractivity contribution >= 4 is 17.9 Å². The summed E-state index contributed by atoms with van der Waals surface area (Å²) in [6.45, 7) is 5.61. The van der Waals surface area contributed by atoms with E-state index in [-0.39, 0.29) is 18.8 Å². The molecule has 0 rings (SSSR count). The van der Waals surface area contributed by atoms with Gasteiger partial charge in [-0.1, -0.05) is 6.08 Å². The summed E-state index contributed by atoms with van der Waals surface area (Å²) in [7, 11) is 0. The number of carbonyl (C=O) groups excluding carboxylic acids is 1. The summed E-state index contributed by atoms with van der Waals surface area (Å²) < 4.78 is 4.57. The van der Waals surface area contributed by atoms with Crippen molar-refractivity contribution in [3.63, 3.8) is 0 Å². The van der Waals surface area contributed by atoms with Crippen molar-refractivity contribution in [3.8, 4) is 0 Å². The fraction of sp³-hybridized carbons (Fsp3) is 0.545. The van der Waals surface area contributed by atoms with Gasteiger partial charge < -0.3 is 20.7 Å². The molecular formula is C11H19NO6. The minimum Gasteiger partial charge on any atom is -0.481 e. The third kappa shape index (κ3) is 14.1. The Morgan fingerprint density at radius 1 is 1.39 bits per heavy atom. The molecule has 0 unspecified atom stereocenters. The summed E-state index contributed by atoms with van der Waals surface area (Å²) in [6, 6.07) is -1.06. The number of rotatable bonds is 7. The van der Waals surface area contributed by atoms with Crippen LogP contribution in [0.5, 0.6) is 0 Å². The molecule has 7 nitrogen and oxygen atoms in total. The zero-order chi connectivity index (χ0) is 14.6. The smallest absolute Gasteiger partial charge is 0.320 e. The van der Waals surface area contributed by atoms with Crippen molar-refractivity contribution in [3.05, 3.63) is 12.7 Å². The molecule has 0 aliphatic carbocycles. The lowest BCUT2D eigenvalue weighted by atomic mass is 10.2. The number of ether oxygens (including phenoxy) is 1. The first-order valence-corrected chi connectivity index (χ1v) is 5.31. The molecule has 0 aromatic heterocycles. The van der Waals surface area contributed by atoms with Crippen molar-refractivity contribution in [2.45, 2.75) is 32.2 Å². The van der Waals surface area contributed by atoms with Crippen LogP contribution in [0.4, 0.5) is 0 Å². The highest BCUT2D eigenvalue weighted by atomic mass is 16.5. The lowest BCUT2D eigenvalue weighted by Gasteiger charge is -2.01. The van der Waals surface area contributed by atoms with Gasteiger partial charge in [0.1, 0.15) is 6.04 Å². The highest BCUT2D eigenvalue weighted by Gasteiger charge is 2.12. The van der Waals surface area contributed by atoms with Crippen molar-refractivity contribution in [1.29, 1.82) is 0 Å². The Labute approximate surface area is 105 Å². The van der Waals surface area contributed by atoms with Gasteiger partial charge in [0.15, 0.2) is 0 Å². The van der Waals surface area contributed by atoms with E-state index in [0.29, 0.717) is 13.0 Å². The molecule has 1 atom stereocenters. The van der Waals surface area contributed by atoms with Crippen LogP contribution in [-0.2, 0) is 19.1 Å². The number of esters is 1. The second kappa shape index (κ2) is 11.6. The summed E-state index contributed by atoms with van der Waals surface area (Å²) in [5.74, 6) is -2.40. The molecular weight excluding hydrogens is 242 g/mol. The second-order valence-corrected chi connectivity index (χ2v) is 3.17. The zero-order valence-electron chi connectivity index (χ0n) is 10.3. The van der Waals surface area contributed by atoms with E-state index in [1.54, 1.807) is 6.92 Å². The van der Waals surface area contributed by atoms with Crippen molar-refractivity contribution < 1.29 is 29.3 Å². The molecule has 0 aromatic carbocycles. The average molecular weight is 261 g/mol. The lowest BCUT2D eigenvalue weighted by Crippen LogP contribution is -2.30. The quantitative estimate of drug-likeness (QED) is 0.446. The summed E-state index contributed by atoms with van der Waals surface area (Å²) in [6.07, 6.45) is 1.62. The van der Waals surface area contributed by atoms with Gasteiger partial charge in [-0.15, -0.1) is 6.58 Å². The van der Waals surface area contributed by atoms with E-state index >= 15 is 0 Å². The fourth-order valence-electron chi connectivity index (χ4n) is 0.740. The van der Waals surface area contributed by atoms with Gasteiger partial charge in [-0.05, 0) is 13.3 Å². The number of aliphatic carboxylic acids is 2. The molecule has 0 radical (unpaired) electrons. The molecule has 0 saturated carbocycles. The van der Waals surface area contributed by atoms with Crippen LogP contribution < -0.4 is 5.73 Å². The van der Waals surface area contributed by atoms with Crippen LogP contribution in [0.15, 0.2) is 12.7 Å². The largest absolute Gasteiger partial charge is 0.481 e. The second-order valence-electron chi connectivity index (χ2n) is 3.17. The molecule has 0 bridgehead atoms. The Hall–Kier alpha value is -1.89. The van der Waals surface area contributed by atoms with E-state index in [1.165, 1.54) is 6.08 Å². The summed E-state index contributed by atoms with van der Waals surface area (Å²) >= 11 is 0. The van der Waals surface area contributed by atoms with Crippen LogP contribution in [0.25, 0.3) is 0 Å². The Kier molecular flexibility index (Phi) is 11.9. The van der Waals surface area contributed by atoms with Crippen LogP contribution in [0.2, 0.25) is 0 Å². The Balaban J connectivity index is 0. The molecule has 0 fully saturated rings. The van der Waals surface area contributed by atoms with E-state index in [4.69, 9.17) is 15.9 Å². The van der Waals surface area contributed by atoms with E-state index in [2.05, 4.69) is 11.3 Å². The van der Waals surface area contributed by atoms with E-state index in [1.807, 2.05) is 0 Å². The van der Waals surface area contributed by atoms with E-state index in [9.17, 15) is 14.4 Å². The molecule has 0 aromatic rings. The van der Waals surface area contributed by atoms with Gasteiger partial charge in [-0.25, -0.2) is 0 Å². The monoisotopic (exact) mass is 261 g/mol. The summed E-state index contributed by atoms with van der Waals surface area (Å²) in [5, 5.41) is 16.3. The number of hydrogen-bond acceptors (Lipinski definition) is 5. The van der Waals surface area contributed by atoms with Crippen LogP contribution in [-0.4, -0.2) is 40.8 Å². The minimum absolute atomic E-state index is 0.0231. The fourth-order valence-corrected chi connectivity index (χ4v) is 0.740. The molecule has 4 N–H and O–H groups in total. The minimum atomic E-state index is -1.17. The summed E-state index contributed by atoms with van der Waals surface area (Å²) in [4.78, 5) is 30.2. The van der Waals surface area contributed by atoms with E-state index < -0.39 is 18.0 Å². The van der Waals surface area contributed by atoms with Gasteiger partial charge in [-0.3, -0.25) is 14.4 Å². The van der Waals surface area contributed by atoms with Crippen LogP contribution >= 0.6 is 0 Å². The average Bonchev–Trinajstić information content (AvgIpc) is 2.27. The number of carbonyl (C=O) groups is 3. The zero-order valence-corrected chi connectivity index (χ0v) is 10.3. The van der Waals surface area contributed by atoms with Crippen molar-refractivity contribution in [2.24, 2.45) is 5.73 Å². The molecule has 0 heterocycles. The maximum atomic E-state index is 10.3. The van der Waals surface area contributed by atoms with Crippen LogP contribution in [0.1, 0.15) is 26.2 Å². The number of carboxylic acids is 2. The highest BCUT2D eigenvalue weighted by molar-refractivity contribution is 5.74. The van der Waals surface area contributed by atoms with Crippen molar-refractivity contribution in [2.75, 3.05) is 6.61 Å². The topological polar surface area (TPSA) is 127 Å². The normalized spacial score (nSPS) is 10.6. The van der Waals surface area contributed by atoms with Crippen molar-refractivity contribution in [1.82, 2.24) is 0 Å². The Morgan fingerprint density at radius 3 is 2.28 bits per heavy atom. The Bertz CT molecular complexity index is 289.